The van der Waals surface area contributed by atoms with Crippen LogP contribution in [-0.2, 0) is 11.2 Å². The smallest absolute Gasteiger partial charge is 0.0712 e. The lowest BCUT2D eigenvalue weighted by molar-refractivity contribution is 0.0831. The van der Waals surface area contributed by atoms with E-state index in [1.165, 1.54) is 11.1 Å². The third-order valence-electron chi connectivity index (χ3n) is 3.25. The highest BCUT2D eigenvalue weighted by Crippen LogP contribution is 2.16. The van der Waals surface area contributed by atoms with Crippen LogP contribution >= 0.6 is 0 Å². The van der Waals surface area contributed by atoms with E-state index in [4.69, 9.17) is 10.6 Å². The standard InChI is InChI=1S/C14H24N2O/c1-10(2)13-7-5-12(6-8-13)9-14(16-15)11(3)17-4/h5-8,10-11,14,16H,9,15H2,1-4H3. The number of nitrogens with two attached hydrogens (primary N) is 1. The third kappa shape index (κ3) is 4.11. The van der Waals surface area contributed by atoms with Crippen molar-refractivity contribution in [1.29, 1.82) is 0 Å². The van der Waals surface area contributed by atoms with Gasteiger partial charge in [-0.3, -0.25) is 11.3 Å². The lowest BCUT2D eigenvalue weighted by Crippen LogP contribution is -2.45. The van der Waals surface area contributed by atoms with E-state index in [1.807, 2.05) is 6.92 Å². The van der Waals surface area contributed by atoms with Gasteiger partial charge >= 0.3 is 0 Å². The number of methoxy groups -OCH3 is 1. The largest absolute Gasteiger partial charge is 0.380 e. The Hall–Kier alpha value is -0.900. The summed E-state index contributed by atoms with van der Waals surface area (Å²) in [6.07, 6.45) is 0.980. The highest BCUT2D eigenvalue weighted by atomic mass is 16.5. The summed E-state index contributed by atoms with van der Waals surface area (Å²) in [7, 11) is 1.71. The van der Waals surface area contributed by atoms with Crippen LogP contribution in [0, 0.1) is 0 Å². The van der Waals surface area contributed by atoms with Gasteiger partial charge < -0.3 is 4.74 Å². The molecule has 0 saturated carbocycles. The Bertz CT molecular complexity index is 321. The zero-order valence-corrected chi connectivity index (χ0v) is 11.2. The Kier molecular flexibility index (Phi) is 5.62. The van der Waals surface area contributed by atoms with Crippen molar-refractivity contribution in [1.82, 2.24) is 5.43 Å². The van der Waals surface area contributed by atoms with Crippen molar-refractivity contribution in [3.05, 3.63) is 35.4 Å². The fourth-order valence-corrected chi connectivity index (χ4v) is 1.82. The second kappa shape index (κ2) is 6.74. The predicted octanol–water partition coefficient (Wildman–Crippen LogP) is 2.22. The molecular weight excluding hydrogens is 212 g/mol. The average Bonchev–Trinajstić information content (AvgIpc) is 2.35. The molecule has 0 saturated heterocycles. The quantitative estimate of drug-likeness (QED) is 0.588. The molecule has 0 fully saturated rings. The summed E-state index contributed by atoms with van der Waals surface area (Å²) in [5, 5.41) is 0. The molecule has 0 aliphatic heterocycles. The van der Waals surface area contributed by atoms with E-state index in [0.29, 0.717) is 5.92 Å². The van der Waals surface area contributed by atoms with Crippen LogP contribution in [-0.4, -0.2) is 19.3 Å². The number of hydrogen-bond donors (Lipinski definition) is 2. The number of rotatable bonds is 6. The molecule has 1 rings (SSSR count). The molecule has 1 aromatic carbocycles. The van der Waals surface area contributed by atoms with Crippen LogP contribution in [0.1, 0.15) is 37.8 Å². The number of benzene rings is 1. The Labute approximate surface area is 104 Å². The molecule has 1 aromatic rings. The number of ether oxygens (including phenoxy) is 1. The summed E-state index contributed by atoms with van der Waals surface area (Å²) in [6.45, 7) is 6.42. The SMILES string of the molecule is COC(C)C(Cc1ccc(C(C)C)cc1)NN. The average molecular weight is 236 g/mol. The van der Waals surface area contributed by atoms with Gasteiger partial charge in [-0.2, -0.15) is 0 Å². The maximum Gasteiger partial charge on any atom is 0.0712 e. The number of hydrazine groups is 1. The van der Waals surface area contributed by atoms with E-state index in [0.717, 1.165) is 6.42 Å². The van der Waals surface area contributed by atoms with Crippen molar-refractivity contribution in [2.45, 2.75) is 45.3 Å². The van der Waals surface area contributed by atoms with Gasteiger partial charge in [-0.15, -0.1) is 0 Å². The monoisotopic (exact) mass is 236 g/mol. The van der Waals surface area contributed by atoms with Crippen LogP contribution < -0.4 is 11.3 Å². The summed E-state index contributed by atoms with van der Waals surface area (Å²) in [5.74, 6) is 6.12. The molecular formula is C14H24N2O. The Morgan fingerprint density at radius 2 is 1.76 bits per heavy atom. The Morgan fingerprint density at radius 3 is 2.18 bits per heavy atom. The second-order valence-electron chi connectivity index (χ2n) is 4.81. The first-order valence-electron chi connectivity index (χ1n) is 6.16. The molecule has 0 radical (unpaired) electrons. The van der Waals surface area contributed by atoms with Gasteiger partial charge in [0, 0.05) is 7.11 Å². The second-order valence-corrected chi connectivity index (χ2v) is 4.81. The summed E-state index contributed by atoms with van der Waals surface area (Å²) < 4.78 is 5.29. The van der Waals surface area contributed by atoms with Gasteiger partial charge in [-0.05, 0) is 30.4 Å². The van der Waals surface area contributed by atoms with Crippen LogP contribution in [0.2, 0.25) is 0 Å². The number of nitrogens with one attached hydrogen (secondary N) is 1. The van der Waals surface area contributed by atoms with Crippen LogP contribution in [0.15, 0.2) is 24.3 Å². The molecule has 3 heteroatoms. The third-order valence-corrected chi connectivity index (χ3v) is 3.25. The molecule has 0 aliphatic rings. The molecule has 0 aromatic heterocycles. The summed E-state index contributed by atoms with van der Waals surface area (Å²) in [4.78, 5) is 0. The van der Waals surface area contributed by atoms with Crippen LogP contribution in [0.3, 0.4) is 0 Å². The molecule has 17 heavy (non-hydrogen) atoms. The first-order chi connectivity index (χ1) is 8.08. The van der Waals surface area contributed by atoms with E-state index in [2.05, 4.69) is 43.5 Å². The first-order valence-corrected chi connectivity index (χ1v) is 6.16. The van der Waals surface area contributed by atoms with E-state index in [-0.39, 0.29) is 12.1 Å². The van der Waals surface area contributed by atoms with Crippen LogP contribution in [0.25, 0.3) is 0 Å². The minimum absolute atomic E-state index is 0.102. The first kappa shape index (κ1) is 14.2. The maximum absolute atomic E-state index is 5.55. The van der Waals surface area contributed by atoms with Gasteiger partial charge in [0.2, 0.25) is 0 Å². The van der Waals surface area contributed by atoms with Crippen molar-refractivity contribution in [2.24, 2.45) is 5.84 Å². The van der Waals surface area contributed by atoms with Gasteiger partial charge in [0.05, 0.1) is 12.1 Å². The maximum atomic E-state index is 5.55. The van der Waals surface area contributed by atoms with E-state index < -0.39 is 0 Å². The lowest BCUT2D eigenvalue weighted by Gasteiger charge is -2.22. The minimum Gasteiger partial charge on any atom is -0.380 e. The Morgan fingerprint density at radius 1 is 1.18 bits per heavy atom. The predicted molar refractivity (Wildman–Crippen MR) is 71.8 cm³/mol. The zero-order chi connectivity index (χ0) is 12.8. The van der Waals surface area contributed by atoms with Gasteiger partial charge in [0.1, 0.15) is 0 Å². The highest BCUT2D eigenvalue weighted by molar-refractivity contribution is 5.25. The summed E-state index contributed by atoms with van der Waals surface area (Å²) >= 11 is 0. The Balaban J connectivity index is 2.67. The van der Waals surface area contributed by atoms with Crippen molar-refractivity contribution in [3.63, 3.8) is 0 Å². The molecule has 0 bridgehead atoms. The van der Waals surface area contributed by atoms with Gasteiger partial charge in [0.25, 0.3) is 0 Å². The normalized spacial score (nSPS) is 14.9. The molecule has 3 nitrogen and oxygen atoms in total. The van der Waals surface area contributed by atoms with Gasteiger partial charge in [-0.1, -0.05) is 38.1 Å². The zero-order valence-electron chi connectivity index (χ0n) is 11.2. The van der Waals surface area contributed by atoms with Crippen molar-refractivity contribution in [3.8, 4) is 0 Å². The molecule has 2 atom stereocenters. The molecule has 2 unspecified atom stereocenters. The van der Waals surface area contributed by atoms with E-state index in [9.17, 15) is 0 Å². The fourth-order valence-electron chi connectivity index (χ4n) is 1.82. The summed E-state index contributed by atoms with van der Waals surface area (Å²) in [6, 6.07) is 8.85. The molecule has 3 N–H and O–H groups in total. The van der Waals surface area contributed by atoms with E-state index in [1.54, 1.807) is 7.11 Å². The molecule has 0 amide bonds. The van der Waals surface area contributed by atoms with Crippen molar-refractivity contribution < 1.29 is 4.74 Å². The molecule has 0 spiro atoms. The minimum atomic E-state index is 0.102. The van der Waals surface area contributed by atoms with Crippen molar-refractivity contribution in [2.75, 3.05) is 7.11 Å². The van der Waals surface area contributed by atoms with Gasteiger partial charge in [0.15, 0.2) is 0 Å². The van der Waals surface area contributed by atoms with Gasteiger partial charge in [-0.25, -0.2) is 0 Å². The highest BCUT2D eigenvalue weighted by Gasteiger charge is 2.15. The van der Waals surface area contributed by atoms with Crippen LogP contribution in [0.4, 0.5) is 0 Å². The fraction of sp³-hybridized carbons (Fsp3) is 0.571. The lowest BCUT2D eigenvalue weighted by atomic mass is 9.98. The molecule has 0 heterocycles. The topological polar surface area (TPSA) is 47.3 Å². The summed E-state index contributed by atoms with van der Waals surface area (Å²) in [5.41, 5.74) is 5.46. The number of hydrogen-bond acceptors (Lipinski definition) is 3. The van der Waals surface area contributed by atoms with E-state index >= 15 is 0 Å². The molecule has 96 valence electrons. The van der Waals surface area contributed by atoms with Crippen LogP contribution in [0.5, 0.6) is 0 Å². The molecule has 0 aliphatic carbocycles. The van der Waals surface area contributed by atoms with Crippen molar-refractivity contribution >= 4 is 0 Å².